The summed E-state index contributed by atoms with van der Waals surface area (Å²) in [5, 5.41) is 8.82. The number of anilines is 1. The van der Waals surface area contributed by atoms with Gasteiger partial charge in [-0.25, -0.2) is 0 Å². The molecule has 1 aromatic rings. The van der Waals surface area contributed by atoms with Crippen molar-refractivity contribution < 1.29 is 14.6 Å². The highest BCUT2D eigenvalue weighted by molar-refractivity contribution is 5.73. The van der Waals surface area contributed by atoms with Crippen LogP contribution in [-0.4, -0.2) is 43.4 Å². The molecule has 0 radical (unpaired) electrons. The lowest BCUT2D eigenvalue weighted by Crippen LogP contribution is -2.36. The molecular weight excluding hydrogens is 244 g/mol. The predicted molar refractivity (Wildman–Crippen MR) is 73.5 cm³/mol. The number of carboxylic acid groups (broad SMARTS) is 1. The van der Waals surface area contributed by atoms with E-state index in [9.17, 15) is 4.79 Å². The molecule has 1 fully saturated rings. The summed E-state index contributed by atoms with van der Waals surface area (Å²) < 4.78 is 5.34. The monoisotopic (exact) mass is 264 g/mol. The fourth-order valence-corrected chi connectivity index (χ4v) is 2.34. The van der Waals surface area contributed by atoms with E-state index >= 15 is 0 Å². The van der Waals surface area contributed by atoms with Crippen molar-refractivity contribution in [1.29, 1.82) is 0 Å². The molecular formula is C14H20N2O3. The van der Waals surface area contributed by atoms with E-state index in [0.29, 0.717) is 6.42 Å². The Labute approximate surface area is 113 Å². The molecule has 19 heavy (non-hydrogen) atoms. The molecule has 104 valence electrons. The molecule has 1 saturated heterocycles. The summed E-state index contributed by atoms with van der Waals surface area (Å²) in [6, 6.07) is 5.19. The van der Waals surface area contributed by atoms with Crippen molar-refractivity contribution >= 4 is 11.7 Å². The molecule has 0 amide bonds. The van der Waals surface area contributed by atoms with Crippen LogP contribution in [0.25, 0.3) is 0 Å². The Bertz CT molecular complexity index is 456. The number of nitrogens with two attached hydrogens (primary N) is 1. The molecule has 0 bridgehead atoms. The van der Waals surface area contributed by atoms with Gasteiger partial charge in [0.05, 0.1) is 13.2 Å². The van der Waals surface area contributed by atoms with Crippen LogP contribution < -0.4 is 10.6 Å². The molecule has 0 aliphatic carbocycles. The number of carboxylic acids is 1. The van der Waals surface area contributed by atoms with Crippen molar-refractivity contribution in [3.63, 3.8) is 0 Å². The molecule has 5 nitrogen and oxygen atoms in total. The van der Waals surface area contributed by atoms with E-state index in [-0.39, 0.29) is 0 Å². The summed E-state index contributed by atoms with van der Waals surface area (Å²) in [5.74, 6) is -0.963. The smallest absolute Gasteiger partial charge is 0.320 e. The Hall–Kier alpha value is -1.59. The fraction of sp³-hybridized carbons (Fsp3) is 0.500. The molecule has 3 N–H and O–H groups in total. The number of aryl methyl sites for hydroxylation is 1. The van der Waals surface area contributed by atoms with Gasteiger partial charge in [0.2, 0.25) is 0 Å². The summed E-state index contributed by atoms with van der Waals surface area (Å²) >= 11 is 0. The van der Waals surface area contributed by atoms with Crippen LogP contribution in [0.2, 0.25) is 0 Å². The van der Waals surface area contributed by atoms with E-state index in [1.165, 1.54) is 5.69 Å². The van der Waals surface area contributed by atoms with Gasteiger partial charge >= 0.3 is 5.97 Å². The Balaban J connectivity index is 2.10. The average Bonchev–Trinajstić information content (AvgIpc) is 2.39. The minimum atomic E-state index is -0.963. The third kappa shape index (κ3) is 3.45. The Morgan fingerprint density at radius 2 is 2.16 bits per heavy atom. The maximum atomic E-state index is 10.8. The van der Waals surface area contributed by atoms with Crippen molar-refractivity contribution in [3.05, 3.63) is 29.3 Å². The number of nitrogens with zero attached hydrogens (tertiary/aromatic N) is 1. The van der Waals surface area contributed by atoms with Gasteiger partial charge in [0.1, 0.15) is 6.04 Å². The zero-order valence-corrected chi connectivity index (χ0v) is 11.1. The second kappa shape index (κ2) is 6.04. The first kappa shape index (κ1) is 13.8. The quantitative estimate of drug-likeness (QED) is 0.840. The normalized spacial score (nSPS) is 17.3. The summed E-state index contributed by atoms with van der Waals surface area (Å²) in [6.07, 6.45) is 0.361. The number of rotatable bonds is 4. The van der Waals surface area contributed by atoms with E-state index in [0.717, 1.165) is 37.4 Å². The Morgan fingerprint density at radius 3 is 2.74 bits per heavy atom. The molecule has 0 spiro atoms. The van der Waals surface area contributed by atoms with Crippen LogP contribution in [0.5, 0.6) is 0 Å². The Morgan fingerprint density at radius 1 is 1.47 bits per heavy atom. The van der Waals surface area contributed by atoms with E-state index in [2.05, 4.69) is 4.90 Å². The van der Waals surface area contributed by atoms with Crippen molar-refractivity contribution in [2.24, 2.45) is 5.73 Å². The molecule has 1 unspecified atom stereocenters. The van der Waals surface area contributed by atoms with Gasteiger partial charge in [0.15, 0.2) is 0 Å². The minimum absolute atomic E-state index is 0.361. The summed E-state index contributed by atoms with van der Waals surface area (Å²) in [6.45, 7) is 5.35. The largest absolute Gasteiger partial charge is 0.480 e. The van der Waals surface area contributed by atoms with Gasteiger partial charge in [-0.1, -0.05) is 12.1 Å². The number of carbonyl (C=O) groups is 1. The van der Waals surface area contributed by atoms with Crippen LogP contribution in [0.4, 0.5) is 5.69 Å². The molecule has 2 rings (SSSR count). The summed E-state index contributed by atoms with van der Waals surface area (Å²) in [7, 11) is 0. The lowest BCUT2D eigenvalue weighted by Gasteiger charge is -2.30. The lowest BCUT2D eigenvalue weighted by molar-refractivity contribution is -0.138. The van der Waals surface area contributed by atoms with E-state index in [1.807, 2.05) is 25.1 Å². The second-order valence-electron chi connectivity index (χ2n) is 4.87. The second-order valence-corrected chi connectivity index (χ2v) is 4.87. The van der Waals surface area contributed by atoms with Gasteiger partial charge in [-0.15, -0.1) is 0 Å². The summed E-state index contributed by atoms with van der Waals surface area (Å²) in [4.78, 5) is 13.0. The van der Waals surface area contributed by atoms with Crippen molar-refractivity contribution in [2.75, 3.05) is 31.2 Å². The first-order chi connectivity index (χ1) is 9.08. The fourth-order valence-electron chi connectivity index (χ4n) is 2.34. The number of ether oxygens (including phenoxy) is 1. The number of aliphatic carboxylic acids is 1. The molecule has 5 heteroatoms. The predicted octanol–water partition coefficient (Wildman–Crippen LogP) is 0.786. The first-order valence-corrected chi connectivity index (χ1v) is 6.48. The van der Waals surface area contributed by atoms with Crippen molar-refractivity contribution in [1.82, 2.24) is 0 Å². The molecule has 0 saturated carbocycles. The van der Waals surface area contributed by atoms with Crippen molar-refractivity contribution in [2.45, 2.75) is 19.4 Å². The van der Waals surface area contributed by atoms with Gasteiger partial charge in [0, 0.05) is 18.8 Å². The van der Waals surface area contributed by atoms with E-state index < -0.39 is 12.0 Å². The SMILES string of the molecule is Cc1cc(CC(N)C(=O)O)ccc1N1CCOCC1. The maximum absolute atomic E-state index is 10.8. The lowest BCUT2D eigenvalue weighted by atomic mass is 10.0. The number of benzene rings is 1. The zero-order chi connectivity index (χ0) is 13.8. The van der Waals surface area contributed by atoms with Gasteiger partial charge in [0.25, 0.3) is 0 Å². The van der Waals surface area contributed by atoms with Crippen LogP contribution in [0.15, 0.2) is 18.2 Å². The number of hydrogen-bond acceptors (Lipinski definition) is 4. The van der Waals surface area contributed by atoms with Gasteiger partial charge in [-0.05, 0) is 30.5 Å². The van der Waals surface area contributed by atoms with E-state index in [1.54, 1.807) is 0 Å². The van der Waals surface area contributed by atoms with Gasteiger partial charge in [-0.3, -0.25) is 4.79 Å². The standard InChI is InChI=1S/C14H20N2O3/c1-10-8-11(9-12(15)14(17)18)2-3-13(10)16-4-6-19-7-5-16/h2-3,8,12H,4-7,9,15H2,1H3,(H,17,18). The topological polar surface area (TPSA) is 75.8 Å². The zero-order valence-electron chi connectivity index (χ0n) is 11.1. The number of morpholine rings is 1. The minimum Gasteiger partial charge on any atom is -0.480 e. The van der Waals surface area contributed by atoms with Gasteiger partial charge in [-0.2, -0.15) is 0 Å². The third-order valence-electron chi connectivity index (χ3n) is 3.39. The third-order valence-corrected chi connectivity index (χ3v) is 3.39. The van der Waals surface area contributed by atoms with Crippen molar-refractivity contribution in [3.8, 4) is 0 Å². The van der Waals surface area contributed by atoms with Crippen LogP contribution in [-0.2, 0) is 16.0 Å². The molecule has 1 aliphatic rings. The Kier molecular flexibility index (Phi) is 4.39. The van der Waals surface area contributed by atoms with Gasteiger partial charge < -0.3 is 20.5 Å². The molecule has 0 aromatic heterocycles. The maximum Gasteiger partial charge on any atom is 0.320 e. The number of hydrogen-bond donors (Lipinski definition) is 2. The van der Waals surface area contributed by atoms with Crippen LogP contribution >= 0.6 is 0 Å². The molecule has 1 aliphatic heterocycles. The summed E-state index contributed by atoms with van der Waals surface area (Å²) in [5.41, 5.74) is 8.86. The molecule has 1 atom stereocenters. The highest BCUT2D eigenvalue weighted by Crippen LogP contribution is 2.22. The van der Waals surface area contributed by atoms with Crippen LogP contribution in [0, 0.1) is 6.92 Å². The first-order valence-electron chi connectivity index (χ1n) is 6.48. The van der Waals surface area contributed by atoms with Crippen LogP contribution in [0.1, 0.15) is 11.1 Å². The highest BCUT2D eigenvalue weighted by atomic mass is 16.5. The highest BCUT2D eigenvalue weighted by Gasteiger charge is 2.15. The molecule has 1 heterocycles. The van der Waals surface area contributed by atoms with E-state index in [4.69, 9.17) is 15.6 Å². The average molecular weight is 264 g/mol. The molecule has 1 aromatic carbocycles. The van der Waals surface area contributed by atoms with Crippen LogP contribution in [0.3, 0.4) is 0 Å².